The van der Waals surface area contributed by atoms with Crippen molar-refractivity contribution in [3.8, 4) is 22.6 Å². The summed E-state index contributed by atoms with van der Waals surface area (Å²) in [4.78, 5) is 25.2. The van der Waals surface area contributed by atoms with Crippen LogP contribution in [0.2, 0.25) is 0 Å². The van der Waals surface area contributed by atoms with E-state index in [9.17, 15) is 9.59 Å². The molecule has 0 aromatic heterocycles. The highest BCUT2D eigenvalue weighted by atomic mass is 16.7. The summed E-state index contributed by atoms with van der Waals surface area (Å²) in [6, 6.07) is 23.2. The van der Waals surface area contributed by atoms with Gasteiger partial charge in [0.05, 0.1) is 14.2 Å². The number of ether oxygens (including phenoxy) is 4. The predicted octanol–water partition coefficient (Wildman–Crippen LogP) is 4.86. The highest BCUT2D eigenvalue weighted by molar-refractivity contribution is 6.10. The van der Waals surface area contributed by atoms with Crippen molar-refractivity contribution < 1.29 is 28.5 Å². The van der Waals surface area contributed by atoms with E-state index >= 15 is 0 Å². The average molecular weight is 428 g/mol. The number of methoxy groups -OCH3 is 2. The number of carbonyl (C=O) groups excluding carboxylic acids is 2. The molecule has 0 fully saturated rings. The number of hydrogen-bond acceptors (Lipinski definition) is 6. The summed E-state index contributed by atoms with van der Waals surface area (Å²) in [5, 5.41) is 3.88. The van der Waals surface area contributed by atoms with Gasteiger partial charge < -0.3 is 18.9 Å². The zero-order chi connectivity index (χ0) is 22.3. The summed E-state index contributed by atoms with van der Waals surface area (Å²) in [7, 11) is 2.47. The molecule has 0 saturated heterocycles. The fraction of sp³-hybridized carbons (Fsp3) is 0.154. The zero-order valence-electron chi connectivity index (χ0n) is 17.6. The summed E-state index contributed by atoms with van der Waals surface area (Å²) in [6.07, 6.45) is -0.477. The van der Waals surface area contributed by atoms with Crippen molar-refractivity contribution >= 4 is 33.5 Å². The lowest BCUT2D eigenvalue weighted by Gasteiger charge is -2.29. The molecule has 6 nitrogen and oxygen atoms in total. The SMILES string of the molecule is COC(=O)CC1(C(=O)OC)Oc2ccc3ccccc3c2-c2c(ccc3ccccc23)O1. The second kappa shape index (κ2) is 7.57. The summed E-state index contributed by atoms with van der Waals surface area (Å²) >= 11 is 0. The van der Waals surface area contributed by atoms with Gasteiger partial charge in [-0.25, -0.2) is 4.79 Å². The van der Waals surface area contributed by atoms with Crippen LogP contribution in [-0.4, -0.2) is 31.9 Å². The highest BCUT2D eigenvalue weighted by Crippen LogP contribution is 2.49. The maximum Gasteiger partial charge on any atom is 0.393 e. The van der Waals surface area contributed by atoms with Crippen LogP contribution in [0, 0.1) is 0 Å². The van der Waals surface area contributed by atoms with Gasteiger partial charge in [0.2, 0.25) is 0 Å². The van der Waals surface area contributed by atoms with Crippen LogP contribution in [0.25, 0.3) is 32.7 Å². The Bertz CT molecular complexity index is 1290. The van der Waals surface area contributed by atoms with E-state index in [-0.39, 0.29) is 0 Å². The molecule has 0 unspecified atom stereocenters. The van der Waals surface area contributed by atoms with E-state index in [1.54, 1.807) is 12.1 Å². The maximum atomic E-state index is 13.0. The van der Waals surface area contributed by atoms with Gasteiger partial charge in [-0.3, -0.25) is 4.79 Å². The van der Waals surface area contributed by atoms with E-state index in [2.05, 4.69) is 0 Å². The molecule has 32 heavy (non-hydrogen) atoms. The van der Waals surface area contributed by atoms with Gasteiger partial charge in [0.25, 0.3) is 0 Å². The minimum absolute atomic E-state index is 0.410. The molecule has 1 heterocycles. The molecule has 5 rings (SSSR count). The van der Waals surface area contributed by atoms with Gasteiger partial charge >= 0.3 is 17.7 Å². The molecular formula is C26H20O6. The first kappa shape index (κ1) is 19.9. The molecule has 0 bridgehead atoms. The van der Waals surface area contributed by atoms with Crippen LogP contribution in [-0.2, 0) is 19.1 Å². The molecule has 0 N–H and O–H groups in total. The summed E-state index contributed by atoms with van der Waals surface area (Å²) < 4.78 is 22.2. The molecule has 0 aliphatic carbocycles. The van der Waals surface area contributed by atoms with Gasteiger partial charge in [-0.1, -0.05) is 60.7 Å². The molecule has 0 radical (unpaired) electrons. The molecular weight excluding hydrogens is 408 g/mol. The Kier molecular flexibility index (Phi) is 4.70. The first-order valence-corrected chi connectivity index (χ1v) is 10.1. The van der Waals surface area contributed by atoms with Crippen LogP contribution < -0.4 is 9.47 Å². The smallest absolute Gasteiger partial charge is 0.393 e. The largest absolute Gasteiger partial charge is 0.469 e. The normalized spacial score (nSPS) is 13.8. The second-order valence-electron chi connectivity index (χ2n) is 7.52. The van der Waals surface area contributed by atoms with Crippen molar-refractivity contribution in [1.82, 2.24) is 0 Å². The summed E-state index contributed by atoms with van der Waals surface area (Å²) in [6.45, 7) is 0. The van der Waals surface area contributed by atoms with Crippen molar-refractivity contribution in [3.05, 3.63) is 72.8 Å². The van der Waals surface area contributed by atoms with E-state index in [1.807, 2.05) is 60.7 Å². The second-order valence-corrected chi connectivity index (χ2v) is 7.52. The van der Waals surface area contributed by atoms with E-state index in [1.165, 1.54) is 14.2 Å². The van der Waals surface area contributed by atoms with E-state index in [0.717, 1.165) is 32.7 Å². The average Bonchev–Trinajstić information content (AvgIpc) is 2.98. The topological polar surface area (TPSA) is 71.1 Å². The van der Waals surface area contributed by atoms with E-state index in [0.29, 0.717) is 11.5 Å². The molecule has 4 aromatic rings. The highest BCUT2D eigenvalue weighted by Gasteiger charge is 2.50. The van der Waals surface area contributed by atoms with Crippen LogP contribution in [0.4, 0.5) is 0 Å². The van der Waals surface area contributed by atoms with Crippen LogP contribution in [0.5, 0.6) is 11.5 Å². The third-order valence-corrected chi connectivity index (χ3v) is 5.68. The van der Waals surface area contributed by atoms with Crippen molar-refractivity contribution in [1.29, 1.82) is 0 Å². The molecule has 0 amide bonds. The lowest BCUT2D eigenvalue weighted by molar-refractivity contribution is -0.195. The van der Waals surface area contributed by atoms with E-state index < -0.39 is 24.1 Å². The standard InChI is InChI=1S/C26H20O6/c1-29-22(27)15-26(25(28)30-2)31-20-13-11-16-7-3-5-9-18(16)23(20)24-19-10-6-4-8-17(19)12-14-21(24)32-26/h3-14H,15H2,1-2H3. The fourth-order valence-corrected chi connectivity index (χ4v) is 4.21. The van der Waals surface area contributed by atoms with Gasteiger partial charge in [-0.15, -0.1) is 0 Å². The van der Waals surface area contributed by atoms with Crippen molar-refractivity contribution in [2.45, 2.75) is 12.2 Å². The molecule has 0 spiro atoms. The molecule has 6 heteroatoms. The Morgan fingerprint density at radius 3 is 1.69 bits per heavy atom. The Balaban J connectivity index is 1.89. The van der Waals surface area contributed by atoms with Gasteiger partial charge in [0.1, 0.15) is 17.9 Å². The third-order valence-electron chi connectivity index (χ3n) is 5.68. The number of benzene rings is 4. The molecule has 1 aliphatic rings. The van der Waals surface area contributed by atoms with Crippen LogP contribution in [0.3, 0.4) is 0 Å². The maximum absolute atomic E-state index is 13.0. The fourth-order valence-electron chi connectivity index (χ4n) is 4.21. The van der Waals surface area contributed by atoms with Crippen LogP contribution in [0.15, 0.2) is 72.8 Å². The Morgan fingerprint density at radius 2 is 1.22 bits per heavy atom. The monoisotopic (exact) mass is 428 g/mol. The van der Waals surface area contributed by atoms with Crippen LogP contribution in [0.1, 0.15) is 6.42 Å². The lowest BCUT2D eigenvalue weighted by atomic mass is 9.92. The van der Waals surface area contributed by atoms with Gasteiger partial charge in [-0.05, 0) is 33.7 Å². The van der Waals surface area contributed by atoms with Crippen molar-refractivity contribution in [3.63, 3.8) is 0 Å². The molecule has 1 aliphatic heterocycles. The van der Waals surface area contributed by atoms with Gasteiger partial charge in [-0.2, -0.15) is 0 Å². The number of esters is 2. The number of fused-ring (bicyclic) bond motifs is 7. The minimum atomic E-state index is -2.03. The molecule has 160 valence electrons. The Morgan fingerprint density at radius 1 is 0.719 bits per heavy atom. The Hall–Kier alpha value is -4.06. The van der Waals surface area contributed by atoms with Gasteiger partial charge in [0.15, 0.2) is 0 Å². The molecule has 0 saturated carbocycles. The first-order chi connectivity index (χ1) is 15.6. The Labute approximate surface area is 184 Å². The van der Waals surface area contributed by atoms with Crippen LogP contribution >= 0.6 is 0 Å². The quantitative estimate of drug-likeness (QED) is 0.434. The number of hydrogen-bond donors (Lipinski definition) is 0. The summed E-state index contributed by atoms with van der Waals surface area (Å²) in [5.41, 5.74) is 1.57. The zero-order valence-corrected chi connectivity index (χ0v) is 17.6. The van der Waals surface area contributed by atoms with Gasteiger partial charge in [0, 0.05) is 11.1 Å². The number of carbonyl (C=O) groups is 2. The minimum Gasteiger partial charge on any atom is -0.469 e. The van der Waals surface area contributed by atoms with Crippen molar-refractivity contribution in [2.24, 2.45) is 0 Å². The summed E-state index contributed by atoms with van der Waals surface area (Å²) in [5.74, 6) is -2.71. The predicted molar refractivity (Wildman–Crippen MR) is 120 cm³/mol. The van der Waals surface area contributed by atoms with E-state index in [4.69, 9.17) is 18.9 Å². The first-order valence-electron chi connectivity index (χ1n) is 10.1. The van der Waals surface area contributed by atoms with Crippen molar-refractivity contribution in [2.75, 3.05) is 14.2 Å². The number of rotatable bonds is 3. The molecule has 0 atom stereocenters. The third kappa shape index (κ3) is 3.03. The molecule has 4 aromatic carbocycles. The lowest BCUT2D eigenvalue weighted by Crippen LogP contribution is -2.52.